The van der Waals surface area contributed by atoms with Gasteiger partial charge in [0.15, 0.2) is 0 Å². The molecule has 0 aromatic carbocycles. The molecule has 0 aliphatic carbocycles. The number of hydrogen-bond acceptors (Lipinski definition) is 2. The van der Waals surface area contributed by atoms with Gasteiger partial charge in [-0.1, -0.05) is 26.2 Å². The summed E-state index contributed by atoms with van der Waals surface area (Å²) in [6.45, 7) is 3.94. The first-order valence-electron chi connectivity index (χ1n) is 3.98. The Morgan fingerprint density at radius 3 is 2.73 bits per heavy atom. The van der Waals surface area contributed by atoms with Gasteiger partial charge in [0.25, 0.3) is 0 Å². The van der Waals surface area contributed by atoms with Gasteiger partial charge in [0.1, 0.15) is 6.11 Å². The Hall–Kier alpha value is -0.970. The van der Waals surface area contributed by atoms with Crippen LogP contribution >= 0.6 is 0 Å². The Balaban J connectivity index is 3.37. The maximum Gasteiger partial charge on any atom is 0.319 e. The normalized spacial score (nSPS) is 8.18. The van der Waals surface area contributed by atoms with Crippen molar-refractivity contribution in [2.24, 2.45) is 0 Å². The lowest BCUT2D eigenvalue weighted by Crippen LogP contribution is -1.98. The molecule has 0 rings (SSSR count). The Bertz CT molecular complexity index is 162. The minimum atomic E-state index is -0.215. The second-order valence-electron chi connectivity index (χ2n) is 2.21. The molecule has 2 heteroatoms. The molecule has 0 aromatic heterocycles. The van der Waals surface area contributed by atoms with Gasteiger partial charge in [0.05, 0.1) is 0 Å². The highest BCUT2D eigenvalue weighted by Crippen LogP contribution is 1.95. The maximum atomic E-state index is 10.8. The van der Waals surface area contributed by atoms with Crippen molar-refractivity contribution in [1.82, 2.24) is 0 Å². The Labute approximate surface area is 67.9 Å². The van der Waals surface area contributed by atoms with Gasteiger partial charge in [0, 0.05) is 12.8 Å². The molecule has 0 amide bonds. The van der Waals surface area contributed by atoms with Gasteiger partial charge < -0.3 is 4.74 Å². The molecule has 0 fully saturated rings. The first kappa shape index (κ1) is 10.0. The van der Waals surface area contributed by atoms with E-state index in [0.717, 1.165) is 19.3 Å². The lowest BCUT2D eigenvalue weighted by molar-refractivity contribution is -0.136. The van der Waals surface area contributed by atoms with E-state index in [0.29, 0.717) is 6.42 Å². The summed E-state index contributed by atoms with van der Waals surface area (Å²) < 4.78 is 4.58. The van der Waals surface area contributed by atoms with Crippen molar-refractivity contribution in [3.05, 3.63) is 0 Å². The largest absolute Gasteiger partial charge is 0.372 e. The van der Waals surface area contributed by atoms with Crippen LogP contribution < -0.4 is 0 Å². The predicted octanol–water partition coefficient (Wildman–Crippen LogP) is 2.09. The molecular formula is C9H14O2. The van der Waals surface area contributed by atoms with Crippen molar-refractivity contribution in [2.75, 3.05) is 0 Å². The molecule has 2 nitrogen and oxygen atoms in total. The van der Waals surface area contributed by atoms with Gasteiger partial charge in [-0.05, 0) is 6.42 Å². The summed E-state index contributed by atoms with van der Waals surface area (Å²) in [5.41, 5.74) is 0. The van der Waals surface area contributed by atoms with E-state index in [1.54, 1.807) is 0 Å². The average molecular weight is 154 g/mol. The van der Waals surface area contributed by atoms with E-state index < -0.39 is 0 Å². The van der Waals surface area contributed by atoms with Crippen LogP contribution in [0.1, 0.15) is 39.5 Å². The van der Waals surface area contributed by atoms with Crippen LogP contribution in [0.4, 0.5) is 0 Å². The zero-order chi connectivity index (χ0) is 8.53. The van der Waals surface area contributed by atoms with E-state index in [1.807, 2.05) is 13.8 Å². The van der Waals surface area contributed by atoms with Crippen molar-refractivity contribution >= 4 is 5.97 Å². The molecule has 0 unspecified atom stereocenters. The SMILES string of the molecule is CCC#COC(=O)CCCC. The lowest BCUT2D eigenvalue weighted by Gasteiger charge is -1.92. The van der Waals surface area contributed by atoms with E-state index in [2.05, 4.69) is 16.8 Å². The lowest BCUT2D eigenvalue weighted by atomic mass is 10.3. The fraction of sp³-hybridized carbons (Fsp3) is 0.667. The van der Waals surface area contributed by atoms with E-state index in [1.165, 1.54) is 0 Å². The average Bonchev–Trinajstić information content (AvgIpc) is 2.01. The molecule has 0 N–H and O–H groups in total. The van der Waals surface area contributed by atoms with Crippen molar-refractivity contribution in [3.63, 3.8) is 0 Å². The maximum absolute atomic E-state index is 10.8. The Kier molecular flexibility index (Phi) is 6.51. The fourth-order valence-electron chi connectivity index (χ4n) is 0.537. The summed E-state index contributed by atoms with van der Waals surface area (Å²) in [6.07, 6.45) is 5.44. The first-order valence-corrected chi connectivity index (χ1v) is 3.98. The molecule has 0 saturated carbocycles. The van der Waals surface area contributed by atoms with E-state index >= 15 is 0 Å². The molecule has 0 atom stereocenters. The highest BCUT2D eigenvalue weighted by atomic mass is 16.5. The van der Waals surface area contributed by atoms with Crippen LogP contribution in [0.2, 0.25) is 0 Å². The third-order valence-corrected chi connectivity index (χ3v) is 1.15. The second-order valence-corrected chi connectivity index (χ2v) is 2.21. The monoisotopic (exact) mass is 154 g/mol. The highest BCUT2D eigenvalue weighted by Gasteiger charge is 1.97. The summed E-state index contributed by atoms with van der Waals surface area (Å²) in [4.78, 5) is 10.8. The van der Waals surface area contributed by atoms with E-state index in [9.17, 15) is 4.79 Å². The summed E-state index contributed by atoms with van der Waals surface area (Å²) in [6, 6.07) is 0. The van der Waals surface area contributed by atoms with Crippen LogP contribution in [0, 0.1) is 12.0 Å². The second kappa shape index (κ2) is 7.14. The molecule has 0 aliphatic heterocycles. The van der Waals surface area contributed by atoms with Crippen molar-refractivity contribution in [3.8, 4) is 12.0 Å². The van der Waals surface area contributed by atoms with E-state index in [-0.39, 0.29) is 5.97 Å². The van der Waals surface area contributed by atoms with E-state index in [4.69, 9.17) is 0 Å². The summed E-state index contributed by atoms with van der Waals surface area (Å²) >= 11 is 0. The first-order chi connectivity index (χ1) is 5.31. The van der Waals surface area contributed by atoms with Gasteiger partial charge in [-0.3, -0.25) is 4.79 Å². The van der Waals surface area contributed by atoms with Crippen LogP contribution in [-0.2, 0) is 9.53 Å². The summed E-state index contributed by atoms with van der Waals surface area (Å²) in [7, 11) is 0. The van der Waals surface area contributed by atoms with Gasteiger partial charge in [-0.25, -0.2) is 0 Å². The number of unbranched alkanes of at least 4 members (excludes halogenated alkanes) is 1. The third-order valence-electron chi connectivity index (χ3n) is 1.15. The Morgan fingerprint density at radius 2 is 2.18 bits per heavy atom. The number of esters is 1. The van der Waals surface area contributed by atoms with Crippen LogP contribution in [0.25, 0.3) is 0 Å². The molecule has 0 spiro atoms. The zero-order valence-corrected chi connectivity index (χ0v) is 7.14. The number of rotatable bonds is 3. The third kappa shape index (κ3) is 6.92. The minimum absolute atomic E-state index is 0.215. The Morgan fingerprint density at radius 1 is 1.45 bits per heavy atom. The van der Waals surface area contributed by atoms with Gasteiger partial charge >= 0.3 is 5.97 Å². The zero-order valence-electron chi connectivity index (χ0n) is 7.14. The number of carbonyl (C=O) groups excluding carboxylic acids is 1. The quantitative estimate of drug-likeness (QED) is 0.459. The predicted molar refractivity (Wildman–Crippen MR) is 43.7 cm³/mol. The molecule has 0 aliphatic rings. The van der Waals surface area contributed by atoms with Crippen molar-refractivity contribution < 1.29 is 9.53 Å². The minimum Gasteiger partial charge on any atom is -0.372 e. The van der Waals surface area contributed by atoms with Crippen LogP contribution in [0.15, 0.2) is 0 Å². The summed E-state index contributed by atoms with van der Waals surface area (Å²) in [5, 5.41) is 0. The number of carbonyl (C=O) groups is 1. The van der Waals surface area contributed by atoms with Crippen molar-refractivity contribution in [1.29, 1.82) is 0 Å². The van der Waals surface area contributed by atoms with Crippen LogP contribution in [0.5, 0.6) is 0 Å². The summed E-state index contributed by atoms with van der Waals surface area (Å²) in [5.74, 6) is 2.45. The van der Waals surface area contributed by atoms with Gasteiger partial charge in [0.2, 0.25) is 0 Å². The van der Waals surface area contributed by atoms with Gasteiger partial charge in [-0.2, -0.15) is 0 Å². The smallest absolute Gasteiger partial charge is 0.319 e. The van der Waals surface area contributed by atoms with Gasteiger partial charge in [-0.15, -0.1) is 0 Å². The number of hydrogen-bond donors (Lipinski definition) is 0. The molecule has 0 radical (unpaired) electrons. The number of ether oxygens (including phenoxy) is 1. The standard InChI is InChI=1S/C9H14O2/c1-3-5-7-9(10)11-8-6-4-2/h3-5,7H2,1-2H3. The molecular weight excluding hydrogens is 140 g/mol. The molecule has 62 valence electrons. The molecule has 0 bridgehead atoms. The van der Waals surface area contributed by atoms with Crippen molar-refractivity contribution in [2.45, 2.75) is 39.5 Å². The highest BCUT2D eigenvalue weighted by molar-refractivity contribution is 5.70. The van der Waals surface area contributed by atoms with Crippen LogP contribution in [0.3, 0.4) is 0 Å². The van der Waals surface area contributed by atoms with Crippen LogP contribution in [-0.4, -0.2) is 5.97 Å². The topological polar surface area (TPSA) is 26.3 Å². The molecule has 0 heterocycles. The molecule has 11 heavy (non-hydrogen) atoms. The fourth-order valence-corrected chi connectivity index (χ4v) is 0.537. The molecule has 0 saturated heterocycles. The molecule has 0 aromatic rings.